The van der Waals surface area contributed by atoms with Crippen LogP contribution in [0, 0.1) is 0 Å². The van der Waals surface area contributed by atoms with Crippen LogP contribution >= 0.6 is 11.6 Å². The van der Waals surface area contributed by atoms with Crippen LogP contribution in [0.25, 0.3) is 0 Å². The molecule has 1 aliphatic rings. The zero-order chi connectivity index (χ0) is 18.4. The predicted molar refractivity (Wildman–Crippen MR) is 102 cm³/mol. The van der Waals surface area contributed by atoms with Crippen LogP contribution in [0.5, 0.6) is 0 Å². The van der Waals surface area contributed by atoms with Crippen LogP contribution in [0.1, 0.15) is 0 Å². The Morgan fingerprint density at radius 1 is 1.15 bits per heavy atom. The maximum Gasteiger partial charge on any atom is 0.263 e. The summed E-state index contributed by atoms with van der Waals surface area (Å²) in [6.45, 7) is 5.11. The van der Waals surface area contributed by atoms with Crippen molar-refractivity contribution in [3.63, 3.8) is 0 Å². The topological polar surface area (TPSA) is 83.6 Å². The molecule has 2 N–H and O–H groups in total. The summed E-state index contributed by atoms with van der Waals surface area (Å²) in [7, 11) is -3.75. The molecule has 2 aromatic rings. The van der Waals surface area contributed by atoms with Gasteiger partial charge in [0, 0.05) is 26.2 Å². The van der Waals surface area contributed by atoms with E-state index >= 15 is 0 Å². The molecule has 140 valence electrons. The number of ether oxygens (including phenoxy) is 1. The maximum atomic E-state index is 12.4. The summed E-state index contributed by atoms with van der Waals surface area (Å²) in [5.41, 5.74) is 0.378. The third kappa shape index (κ3) is 5.07. The maximum absolute atomic E-state index is 12.4. The summed E-state index contributed by atoms with van der Waals surface area (Å²) in [6.07, 6.45) is 1.48. The Balaban J connectivity index is 1.55. The first-order chi connectivity index (χ1) is 12.5. The third-order valence-corrected chi connectivity index (χ3v) is 5.86. The van der Waals surface area contributed by atoms with Crippen LogP contribution in [-0.2, 0) is 14.8 Å². The first-order valence-electron chi connectivity index (χ1n) is 8.32. The molecule has 1 aromatic heterocycles. The highest BCUT2D eigenvalue weighted by atomic mass is 35.5. The van der Waals surface area contributed by atoms with E-state index in [2.05, 4.69) is 19.9 Å². The van der Waals surface area contributed by atoms with Gasteiger partial charge in [0.2, 0.25) is 0 Å². The fourth-order valence-electron chi connectivity index (χ4n) is 2.60. The number of aromatic nitrogens is 1. The van der Waals surface area contributed by atoms with Gasteiger partial charge in [-0.1, -0.05) is 23.7 Å². The van der Waals surface area contributed by atoms with E-state index in [9.17, 15) is 8.42 Å². The van der Waals surface area contributed by atoms with Crippen molar-refractivity contribution in [2.45, 2.75) is 4.90 Å². The third-order valence-electron chi connectivity index (χ3n) is 3.98. The van der Waals surface area contributed by atoms with Crippen LogP contribution in [-0.4, -0.2) is 57.7 Å². The molecule has 1 aromatic carbocycles. The molecule has 0 unspecified atom stereocenters. The minimum atomic E-state index is -3.75. The SMILES string of the molecule is O=S(=O)(Nc1ccc(NCCN2CCOCC2)nc1)c1ccccc1Cl. The van der Waals surface area contributed by atoms with E-state index in [0.717, 1.165) is 39.4 Å². The number of nitrogens with zero attached hydrogens (tertiary/aromatic N) is 2. The van der Waals surface area contributed by atoms with E-state index in [-0.39, 0.29) is 9.92 Å². The number of pyridine rings is 1. The van der Waals surface area contributed by atoms with E-state index in [1.807, 2.05) is 0 Å². The van der Waals surface area contributed by atoms with Gasteiger partial charge < -0.3 is 10.1 Å². The van der Waals surface area contributed by atoms with Gasteiger partial charge in [0.25, 0.3) is 10.0 Å². The van der Waals surface area contributed by atoms with E-state index in [1.165, 1.54) is 18.3 Å². The minimum Gasteiger partial charge on any atom is -0.379 e. The number of anilines is 2. The van der Waals surface area contributed by atoms with Crippen molar-refractivity contribution in [3.05, 3.63) is 47.6 Å². The summed E-state index contributed by atoms with van der Waals surface area (Å²) in [5, 5.41) is 3.41. The predicted octanol–water partition coefficient (Wildman–Crippen LogP) is 2.28. The summed E-state index contributed by atoms with van der Waals surface area (Å²) in [6, 6.07) is 9.71. The molecular weight excluding hydrogens is 376 g/mol. The van der Waals surface area contributed by atoms with Crippen molar-refractivity contribution in [3.8, 4) is 0 Å². The first kappa shape index (κ1) is 18.9. The molecule has 26 heavy (non-hydrogen) atoms. The minimum absolute atomic E-state index is 0.0365. The van der Waals surface area contributed by atoms with Crippen molar-refractivity contribution in [2.24, 2.45) is 0 Å². The fraction of sp³-hybridized carbons (Fsp3) is 0.353. The number of rotatable bonds is 7. The molecule has 9 heteroatoms. The number of halogens is 1. The van der Waals surface area contributed by atoms with Crippen LogP contribution in [0.3, 0.4) is 0 Å². The first-order valence-corrected chi connectivity index (χ1v) is 10.2. The molecule has 0 radical (unpaired) electrons. The fourth-order valence-corrected chi connectivity index (χ4v) is 4.16. The highest BCUT2D eigenvalue weighted by molar-refractivity contribution is 7.92. The quantitative estimate of drug-likeness (QED) is 0.747. The Bertz CT molecular complexity index is 824. The second-order valence-electron chi connectivity index (χ2n) is 5.85. The van der Waals surface area contributed by atoms with Crippen molar-refractivity contribution >= 4 is 33.1 Å². The summed E-state index contributed by atoms with van der Waals surface area (Å²) < 4.78 is 32.6. The molecule has 0 aliphatic carbocycles. The van der Waals surface area contributed by atoms with Gasteiger partial charge in [-0.05, 0) is 24.3 Å². The lowest BCUT2D eigenvalue weighted by molar-refractivity contribution is 0.0398. The summed E-state index contributed by atoms with van der Waals surface area (Å²) >= 11 is 5.96. The Labute approximate surface area is 158 Å². The molecule has 1 fully saturated rings. The molecule has 7 nitrogen and oxygen atoms in total. The average Bonchev–Trinajstić information content (AvgIpc) is 2.64. The molecule has 0 saturated carbocycles. The second kappa shape index (κ2) is 8.68. The zero-order valence-corrected chi connectivity index (χ0v) is 15.8. The van der Waals surface area contributed by atoms with Crippen LogP contribution < -0.4 is 10.0 Å². The molecule has 1 aliphatic heterocycles. The monoisotopic (exact) mass is 396 g/mol. The Hall–Kier alpha value is -1.87. The lowest BCUT2D eigenvalue weighted by Crippen LogP contribution is -2.39. The van der Waals surface area contributed by atoms with Crippen molar-refractivity contribution in [1.29, 1.82) is 0 Å². The average molecular weight is 397 g/mol. The van der Waals surface area contributed by atoms with Gasteiger partial charge in [0.05, 0.1) is 30.1 Å². The summed E-state index contributed by atoms with van der Waals surface area (Å²) in [4.78, 5) is 6.61. The van der Waals surface area contributed by atoms with Gasteiger partial charge in [0.15, 0.2) is 0 Å². The highest BCUT2D eigenvalue weighted by Crippen LogP contribution is 2.23. The zero-order valence-electron chi connectivity index (χ0n) is 14.2. The molecule has 1 saturated heterocycles. The molecule has 0 amide bonds. The van der Waals surface area contributed by atoms with Crippen molar-refractivity contribution in [2.75, 3.05) is 49.4 Å². The van der Waals surface area contributed by atoms with E-state index in [1.54, 1.807) is 24.3 Å². The molecular formula is C17H21ClN4O3S. The molecule has 0 bridgehead atoms. The van der Waals surface area contributed by atoms with Gasteiger partial charge in [-0.3, -0.25) is 9.62 Å². The highest BCUT2D eigenvalue weighted by Gasteiger charge is 2.17. The molecule has 0 atom stereocenters. The molecule has 3 rings (SSSR count). The van der Waals surface area contributed by atoms with Gasteiger partial charge in [-0.2, -0.15) is 0 Å². The van der Waals surface area contributed by atoms with Gasteiger partial charge in [0.1, 0.15) is 10.7 Å². The number of sulfonamides is 1. The Morgan fingerprint density at radius 3 is 2.62 bits per heavy atom. The number of nitrogens with one attached hydrogen (secondary N) is 2. The largest absolute Gasteiger partial charge is 0.379 e. The van der Waals surface area contributed by atoms with E-state index < -0.39 is 10.0 Å². The van der Waals surface area contributed by atoms with Gasteiger partial charge in [-0.15, -0.1) is 0 Å². The number of hydrogen-bond donors (Lipinski definition) is 2. The number of morpholine rings is 1. The Morgan fingerprint density at radius 2 is 1.92 bits per heavy atom. The number of benzene rings is 1. The van der Waals surface area contributed by atoms with Crippen molar-refractivity contribution < 1.29 is 13.2 Å². The number of hydrogen-bond acceptors (Lipinski definition) is 6. The van der Waals surface area contributed by atoms with Crippen LogP contribution in [0.15, 0.2) is 47.5 Å². The van der Waals surface area contributed by atoms with Crippen LogP contribution in [0.2, 0.25) is 5.02 Å². The second-order valence-corrected chi connectivity index (χ2v) is 7.91. The lowest BCUT2D eigenvalue weighted by Gasteiger charge is -2.26. The van der Waals surface area contributed by atoms with Crippen LogP contribution in [0.4, 0.5) is 11.5 Å². The molecule has 2 heterocycles. The lowest BCUT2D eigenvalue weighted by atomic mass is 10.4. The molecule has 0 spiro atoms. The normalized spacial score (nSPS) is 15.6. The Kier molecular flexibility index (Phi) is 6.31. The van der Waals surface area contributed by atoms with Gasteiger partial charge >= 0.3 is 0 Å². The summed E-state index contributed by atoms with van der Waals surface area (Å²) in [5.74, 6) is 0.693. The van der Waals surface area contributed by atoms with E-state index in [4.69, 9.17) is 16.3 Å². The van der Waals surface area contributed by atoms with Crippen molar-refractivity contribution in [1.82, 2.24) is 9.88 Å². The smallest absolute Gasteiger partial charge is 0.263 e. The van der Waals surface area contributed by atoms with Gasteiger partial charge in [-0.25, -0.2) is 13.4 Å². The standard InChI is InChI=1S/C17H21ClN4O3S/c18-15-3-1-2-4-16(15)26(23,24)21-14-5-6-17(20-13-14)19-7-8-22-9-11-25-12-10-22/h1-6,13,21H,7-12H2,(H,19,20). The van der Waals surface area contributed by atoms with E-state index in [0.29, 0.717) is 11.5 Å².